The summed E-state index contributed by atoms with van der Waals surface area (Å²) in [5.41, 5.74) is 3.24. The van der Waals surface area contributed by atoms with Crippen molar-refractivity contribution in [3.8, 4) is 5.75 Å². The molecule has 0 radical (unpaired) electrons. The molecule has 1 aliphatic heterocycles. The van der Waals surface area contributed by atoms with Crippen LogP contribution in [0.2, 0.25) is 5.02 Å². The number of nitrogens with zero attached hydrogens (tertiary/aromatic N) is 3. The summed E-state index contributed by atoms with van der Waals surface area (Å²) in [6, 6.07) is 12.8. The third-order valence-electron chi connectivity index (χ3n) is 5.15. The smallest absolute Gasteiger partial charge is 0.264 e. The van der Waals surface area contributed by atoms with Gasteiger partial charge >= 0.3 is 0 Å². The van der Waals surface area contributed by atoms with Crippen molar-refractivity contribution >= 4 is 45.6 Å². The number of benzene rings is 2. The average molecular weight is 457 g/mol. The van der Waals surface area contributed by atoms with E-state index in [-0.39, 0.29) is 24.3 Å². The van der Waals surface area contributed by atoms with Crippen LogP contribution in [0.1, 0.15) is 28.5 Å². The van der Waals surface area contributed by atoms with Gasteiger partial charge in [-0.1, -0.05) is 29.0 Å². The van der Waals surface area contributed by atoms with Gasteiger partial charge < -0.3 is 9.64 Å². The number of nitrogens with one attached hydrogen (secondary N) is 1. The van der Waals surface area contributed by atoms with Gasteiger partial charge in [-0.05, 0) is 61.4 Å². The Kier molecular flexibility index (Phi) is 6.20. The highest BCUT2D eigenvalue weighted by atomic mass is 35.5. The molecule has 4 rings (SSSR count). The van der Waals surface area contributed by atoms with E-state index in [1.165, 1.54) is 16.9 Å². The summed E-state index contributed by atoms with van der Waals surface area (Å²) in [4.78, 5) is 26.5. The molecule has 0 saturated carbocycles. The molecule has 1 aliphatic rings. The monoisotopic (exact) mass is 456 g/mol. The fourth-order valence-corrected chi connectivity index (χ4v) is 4.28. The lowest BCUT2D eigenvalue weighted by atomic mass is 10.1. The zero-order chi connectivity index (χ0) is 22.0. The number of hydrogen-bond donors (Lipinski definition) is 1. The second-order valence-electron chi connectivity index (χ2n) is 7.41. The van der Waals surface area contributed by atoms with Crippen LogP contribution in [0.5, 0.6) is 5.75 Å². The highest BCUT2D eigenvalue weighted by Crippen LogP contribution is 2.34. The van der Waals surface area contributed by atoms with Crippen molar-refractivity contribution in [2.75, 3.05) is 23.4 Å². The Bertz CT molecular complexity index is 1120. The molecule has 9 heteroatoms. The Morgan fingerprint density at radius 3 is 2.71 bits per heavy atom. The number of rotatable bonds is 6. The minimum absolute atomic E-state index is 0.0532. The Hall–Kier alpha value is -2.97. The van der Waals surface area contributed by atoms with Crippen molar-refractivity contribution in [2.45, 2.75) is 26.2 Å². The highest BCUT2D eigenvalue weighted by Gasteiger charge is 2.34. The van der Waals surface area contributed by atoms with E-state index in [1.54, 1.807) is 29.2 Å². The number of carbonyl (C=O) groups excluding carboxylic acids is 2. The lowest BCUT2D eigenvalue weighted by molar-refractivity contribution is -0.118. The van der Waals surface area contributed by atoms with Gasteiger partial charge in [0.2, 0.25) is 11.0 Å². The summed E-state index contributed by atoms with van der Waals surface area (Å²) in [5.74, 6) is 0.221. The molecule has 2 amide bonds. The van der Waals surface area contributed by atoms with Crippen molar-refractivity contribution in [1.82, 2.24) is 10.2 Å². The molecule has 1 unspecified atom stereocenters. The number of aryl methyl sites for hydroxylation is 2. The fraction of sp³-hybridized carbons (Fsp3) is 0.273. The minimum atomic E-state index is -0.336. The largest absolute Gasteiger partial charge is 0.484 e. The maximum absolute atomic E-state index is 12.6. The van der Waals surface area contributed by atoms with Crippen LogP contribution in [0, 0.1) is 13.8 Å². The molecule has 160 valence electrons. The van der Waals surface area contributed by atoms with Gasteiger partial charge in [0.15, 0.2) is 6.61 Å². The van der Waals surface area contributed by atoms with E-state index < -0.39 is 0 Å². The molecular formula is C22H21ClN4O3S. The van der Waals surface area contributed by atoms with E-state index in [2.05, 4.69) is 15.5 Å². The predicted molar refractivity (Wildman–Crippen MR) is 121 cm³/mol. The van der Waals surface area contributed by atoms with Crippen molar-refractivity contribution in [2.24, 2.45) is 0 Å². The molecule has 1 fully saturated rings. The maximum atomic E-state index is 12.6. The predicted octanol–water partition coefficient (Wildman–Crippen LogP) is 4.35. The molecule has 3 aromatic rings. The third kappa shape index (κ3) is 5.03. The summed E-state index contributed by atoms with van der Waals surface area (Å²) in [7, 11) is 0. The number of aromatic nitrogens is 2. The Labute approximate surface area is 189 Å². The van der Waals surface area contributed by atoms with E-state index in [4.69, 9.17) is 16.3 Å². The summed E-state index contributed by atoms with van der Waals surface area (Å²) in [5, 5.41) is 12.6. The number of ether oxygens (including phenoxy) is 1. The summed E-state index contributed by atoms with van der Waals surface area (Å²) < 4.78 is 5.43. The van der Waals surface area contributed by atoms with Crippen LogP contribution in [0.25, 0.3) is 0 Å². The maximum Gasteiger partial charge on any atom is 0.264 e. The molecule has 0 spiro atoms. The van der Waals surface area contributed by atoms with Crippen LogP contribution in [-0.2, 0) is 9.59 Å². The zero-order valence-electron chi connectivity index (χ0n) is 17.1. The Balaban J connectivity index is 1.35. The van der Waals surface area contributed by atoms with Gasteiger partial charge in [-0.25, -0.2) is 0 Å². The molecule has 2 heterocycles. The Morgan fingerprint density at radius 2 is 1.97 bits per heavy atom. The van der Waals surface area contributed by atoms with Crippen LogP contribution in [0.3, 0.4) is 0 Å². The van der Waals surface area contributed by atoms with Crippen LogP contribution in [0.4, 0.5) is 10.8 Å². The Morgan fingerprint density at radius 1 is 1.19 bits per heavy atom. The van der Waals surface area contributed by atoms with Crippen molar-refractivity contribution < 1.29 is 14.3 Å². The average Bonchev–Trinajstić information content (AvgIpc) is 3.36. The van der Waals surface area contributed by atoms with Crippen LogP contribution in [-0.4, -0.2) is 35.2 Å². The number of anilines is 2. The zero-order valence-corrected chi connectivity index (χ0v) is 18.7. The first-order valence-corrected chi connectivity index (χ1v) is 11.0. The quantitative estimate of drug-likeness (QED) is 0.596. The molecule has 1 atom stereocenters. The first-order valence-electron chi connectivity index (χ1n) is 9.78. The number of carbonyl (C=O) groups is 2. The summed E-state index contributed by atoms with van der Waals surface area (Å²) >= 11 is 7.11. The third-order valence-corrected chi connectivity index (χ3v) is 6.40. The lowest BCUT2D eigenvalue weighted by Crippen LogP contribution is -2.24. The molecule has 1 aromatic heterocycles. The van der Waals surface area contributed by atoms with Gasteiger partial charge in [-0.3, -0.25) is 14.9 Å². The first kappa shape index (κ1) is 21.3. The fourth-order valence-electron chi connectivity index (χ4n) is 3.30. The number of hydrogen-bond acceptors (Lipinski definition) is 6. The van der Waals surface area contributed by atoms with Crippen molar-refractivity contribution in [1.29, 1.82) is 0 Å². The topological polar surface area (TPSA) is 84.4 Å². The van der Waals surface area contributed by atoms with Gasteiger partial charge in [-0.15, -0.1) is 10.2 Å². The second kappa shape index (κ2) is 9.03. The number of amides is 2. The van der Waals surface area contributed by atoms with Gasteiger partial charge in [0, 0.05) is 29.6 Å². The number of halogens is 1. The normalized spacial score (nSPS) is 15.9. The van der Waals surface area contributed by atoms with Crippen LogP contribution in [0.15, 0.2) is 42.5 Å². The van der Waals surface area contributed by atoms with Gasteiger partial charge in [0.05, 0.1) is 0 Å². The van der Waals surface area contributed by atoms with E-state index in [9.17, 15) is 9.59 Å². The highest BCUT2D eigenvalue weighted by molar-refractivity contribution is 7.15. The lowest BCUT2D eigenvalue weighted by Gasteiger charge is -2.17. The van der Waals surface area contributed by atoms with Crippen LogP contribution < -0.4 is 15.0 Å². The van der Waals surface area contributed by atoms with Gasteiger partial charge in [0.1, 0.15) is 10.8 Å². The van der Waals surface area contributed by atoms with E-state index >= 15 is 0 Å². The molecule has 31 heavy (non-hydrogen) atoms. The van der Waals surface area contributed by atoms with E-state index in [1.807, 2.05) is 32.0 Å². The van der Waals surface area contributed by atoms with Crippen molar-refractivity contribution in [3.05, 3.63) is 63.6 Å². The molecule has 0 bridgehead atoms. The molecule has 0 aliphatic carbocycles. The standard InChI is InChI=1S/C22H21ClN4O3S/c1-13-3-6-17(9-14(13)2)27-11-15(10-20(27)29)21-25-26-22(31-21)24-19(28)12-30-18-7-4-16(23)5-8-18/h3-9,15H,10-12H2,1-2H3,(H,24,26,28). The van der Waals surface area contributed by atoms with E-state index in [0.29, 0.717) is 28.9 Å². The SMILES string of the molecule is Cc1ccc(N2CC(c3nnc(NC(=O)COc4ccc(Cl)cc4)s3)CC2=O)cc1C. The molecule has 7 nitrogen and oxygen atoms in total. The minimum Gasteiger partial charge on any atom is -0.484 e. The molecule has 1 saturated heterocycles. The van der Waals surface area contributed by atoms with Crippen molar-refractivity contribution in [3.63, 3.8) is 0 Å². The van der Waals surface area contributed by atoms with Gasteiger partial charge in [-0.2, -0.15) is 0 Å². The van der Waals surface area contributed by atoms with Crippen LogP contribution >= 0.6 is 22.9 Å². The first-order chi connectivity index (χ1) is 14.9. The van der Waals surface area contributed by atoms with Gasteiger partial charge in [0.25, 0.3) is 5.91 Å². The summed E-state index contributed by atoms with van der Waals surface area (Å²) in [6.45, 7) is 4.47. The molecule has 1 N–H and O–H groups in total. The summed E-state index contributed by atoms with van der Waals surface area (Å²) in [6.07, 6.45) is 0.370. The molecular weight excluding hydrogens is 436 g/mol. The second-order valence-corrected chi connectivity index (χ2v) is 8.86. The molecule has 2 aromatic carbocycles. The van der Waals surface area contributed by atoms with E-state index in [0.717, 1.165) is 16.3 Å².